The molecule has 0 radical (unpaired) electrons. The topological polar surface area (TPSA) is 52.9 Å². The molecule has 1 aromatic rings. The molecule has 1 fully saturated rings. The Morgan fingerprint density at radius 2 is 2.08 bits per heavy atom. The van der Waals surface area contributed by atoms with Gasteiger partial charge in [-0.3, -0.25) is 0 Å². The highest BCUT2D eigenvalue weighted by Gasteiger charge is 2.74. The molecule has 0 saturated carbocycles. The standard InChI is InChI=1S/C21H27NO3/c1-4-19(24)9-8-14-15-12-13-6-7-16(23)18-17(13)20(14,10-11-22(15)3)21(19,5-2)25-18/h6-9,14-15,23-24H,4-5,10-12H2,1-3H3/t14-,15+,19-,20-,21-/m0/s1. The van der Waals surface area contributed by atoms with Gasteiger partial charge in [0, 0.05) is 17.5 Å². The van der Waals surface area contributed by atoms with Crippen molar-refractivity contribution < 1.29 is 14.9 Å². The molecule has 2 aliphatic heterocycles. The highest BCUT2D eigenvalue weighted by molar-refractivity contribution is 5.64. The number of piperidine rings is 1. The first-order valence-corrected chi connectivity index (χ1v) is 9.60. The van der Waals surface area contributed by atoms with E-state index in [9.17, 15) is 10.2 Å². The molecule has 4 aliphatic rings. The number of rotatable bonds is 2. The minimum atomic E-state index is -1.02. The number of aromatic hydroxyl groups is 1. The zero-order valence-corrected chi connectivity index (χ0v) is 15.2. The van der Waals surface area contributed by atoms with Crippen LogP contribution < -0.4 is 4.74 Å². The third kappa shape index (κ3) is 1.46. The maximum Gasteiger partial charge on any atom is 0.166 e. The lowest BCUT2D eigenvalue weighted by atomic mass is 9.45. The van der Waals surface area contributed by atoms with E-state index in [1.807, 2.05) is 13.0 Å². The van der Waals surface area contributed by atoms with E-state index in [1.54, 1.807) is 6.07 Å². The summed E-state index contributed by atoms with van der Waals surface area (Å²) in [5, 5.41) is 22.2. The number of nitrogens with zero attached hydrogens (tertiary/aromatic N) is 1. The fraction of sp³-hybridized carbons (Fsp3) is 0.619. The first-order valence-electron chi connectivity index (χ1n) is 9.60. The van der Waals surface area contributed by atoms with Crippen molar-refractivity contribution in [1.82, 2.24) is 4.90 Å². The molecule has 5 atom stereocenters. The largest absolute Gasteiger partial charge is 0.504 e. The van der Waals surface area contributed by atoms with Crippen LogP contribution in [0.3, 0.4) is 0 Å². The van der Waals surface area contributed by atoms with Crippen molar-refractivity contribution in [3.05, 3.63) is 35.4 Å². The van der Waals surface area contributed by atoms with Crippen LogP contribution in [0.1, 0.15) is 44.2 Å². The summed E-state index contributed by atoms with van der Waals surface area (Å²) < 4.78 is 6.62. The van der Waals surface area contributed by atoms with E-state index in [0.29, 0.717) is 24.1 Å². The maximum absolute atomic E-state index is 11.7. The number of benzene rings is 1. The van der Waals surface area contributed by atoms with Crippen molar-refractivity contribution >= 4 is 0 Å². The summed E-state index contributed by atoms with van der Waals surface area (Å²) in [6.45, 7) is 5.14. The number of phenols is 1. The fourth-order valence-corrected chi connectivity index (χ4v) is 6.66. The van der Waals surface area contributed by atoms with E-state index >= 15 is 0 Å². The van der Waals surface area contributed by atoms with E-state index in [2.05, 4.69) is 31.0 Å². The van der Waals surface area contributed by atoms with Crippen LogP contribution in [0.5, 0.6) is 11.5 Å². The Morgan fingerprint density at radius 1 is 1.28 bits per heavy atom. The van der Waals surface area contributed by atoms with Gasteiger partial charge in [0.2, 0.25) is 0 Å². The van der Waals surface area contributed by atoms with Crippen molar-refractivity contribution in [1.29, 1.82) is 0 Å². The number of hydrogen-bond acceptors (Lipinski definition) is 4. The summed E-state index contributed by atoms with van der Waals surface area (Å²) in [6, 6.07) is 4.25. The molecule has 0 unspecified atom stereocenters. The van der Waals surface area contributed by atoms with E-state index in [1.165, 1.54) is 11.1 Å². The normalized spacial score (nSPS) is 43.7. The van der Waals surface area contributed by atoms with Gasteiger partial charge in [0.25, 0.3) is 0 Å². The smallest absolute Gasteiger partial charge is 0.166 e. The third-order valence-corrected chi connectivity index (χ3v) is 7.82. The van der Waals surface area contributed by atoms with Gasteiger partial charge >= 0.3 is 0 Å². The molecule has 2 bridgehead atoms. The van der Waals surface area contributed by atoms with Gasteiger partial charge in [-0.2, -0.15) is 0 Å². The lowest BCUT2D eigenvalue weighted by Gasteiger charge is -2.63. The molecule has 4 nitrogen and oxygen atoms in total. The van der Waals surface area contributed by atoms with Gasteiger partial charge < -0.3 is 19.8 Å². The van der Waals surface area contributed by atoms with E-state index in [4.69, 9.17) is 4.74 Å². The van der Waals surface area contributed by atoms with E-state index < -0.39 is 11.2 Å². The Bertz CT molecular complexity index is 790. The Kier molecular flexibility index (Phi) is 2.89. The predicted octanol–water partition coefficient (Wildman–Crippen LogP) is 2.76. The van der Waals surface area contributed by atoms with Gasteiger partial charge in [-0.1, -0.05) is 32.1 Å². The summed E-state index contributed by atoms with van der Waals surface area (Å²) >= 11 is 0. The summed E-state index contributed by atoms with van der Waals surface area (Å²) in [5.41, 5.74) is 0.493. The molecule has 134 valence electrons. The van der Waals surface area contributed by atoms with Gasteiger partial charge in [-0.15, -0.1) is 0 Å². The lowest BCUT2D eigenvalue weighted by molar-refractivity contribution is -0.175. The molecule has 2 heterocycles. The molecule has 2 N–H and O–H groups in total. The van der Waals surface area contributed by atoms with Gasteiger partial charge in [-0.25, -0.2) is 0 Å². The third-order valence-electron chi connectivity index (χ3n) is 7.82. The molecule has 4 heteroatoms. The Labute approximate surface area is 149 Å². The second kappa shape index (κ2) is 4.60. The molecule has 0 amide bonds. The average Bonchev–Trinajstić information content (AvgIpc) is 2.94. The highest BCUT2D eigenvalue weighted by atomic mass is 16.5. The molecule has 5 rings (SSSR count). The van der Waals surface area contributed by atoms with Crippen LogP contribution in [0.15, 0.2) is 24.3 Å². The number of aliphatic hydroxyl groups is 1. The minimum absolute atomic E-state index is 0.213. The molecule has 25 heavy (non-hydrogen) atoms. The quantitative estimate of drug-likeness (QED) is 0.812. The Balaban J connectivity index is 1.90. The van der Waals surface area contributed by atoms with Crippen LogP contribution in [0.2, 0.25) is 0 Å². The van der Waals surface area contributed by atoms with Crippen molar-refractivity contribution in [3.8, 4) is 11.5 Å². The number of phenolic OH excluding ortho intramolecular Hbond substituents is 1. The molecule has 0 aromatic heterocycles. The molecule has 1 spiro atoms. The summed E-state index contributed by atoms with van der Waals surface area (Å²) in [4.78, 5) is 2.46. The van der Waals surface area contributed by atoms with Crippen LogP contribution in [-0.2, 0) is 11.8 Å². The number of likely N-dealkylation sites (tertiary alicyclic amines) is 1. The monoisotopic (exact) mass is 341 g/mol. The molecule has 1 aromatic carbocycles. The van der Waals surface area contributed by atoms with E-state index in [-0.39, 0.29) is 11.2 Å². The summed E-state index contributed by atoms with van der Waals surface area (Å²) in [5.74, 6) is 1.15. The van der Waals surface area contributed by atoms with Crippen molar-refractivity contribution in [2.75, 3.05) is 13.6 Å². The minimum Gasteiger partial charge on any atom is -0.504 e. The number of ether oxygens (including phenoxy) is 1. The van der Waals surface area contributed by atoms with Crippen LogP contribution >= 0.6 is 0 Å². The van der Waals surface area contributed by atoms with Gasteiger partial charge in [-0.05, 0) is 50.9 Å². The van der Waals surface area contributed by atoms with Crippen LogP contribution in [-0.4, -0.2) is 45.9 Å². The molecular formula is C21H27NO3. The van der Waals surface area contributed by atoms with Crippen LogP contribution in [0, 0.1) is 5.92 Å². The average molecular weight is 341 g/mol. The van der Waals surface area contributed by atoms with Gasteiger partial charge in [0.1, 0.15) is 5.60 Å². The predicted molar refractivity (Wildman–Crippen MR) is 96.0 cm³/mol. The first-order chi connectivity index (χ1) is 11.9. The van der Waals surface area contributed by atoms with Gasteiger partial charge in [0.05, 0.1) is 5.41 Å². The first kappa shape index (κ1) is 15.7. The molecule has 2 aliphatic carbocycles. The fourth-order valence-electron chi connectivity index (χ4n) is 6.66. The van der Waals surface area contributed by atoms with E-state index in [0.717, 1.165) is 25.8 Å². The zero-order valence-electron chi connectivity index (χ0n) is 15.2. The van der Waals surface area contributed by atoms with Crippen molar-refractivity contribution in [2.45, 2.75) is 62.2 Å². The zero-order chi connectivity index (χ0) is 17.6. The molecular weight excluding hydrogens is 314 g/mol. The highest BCUT2D eigenvalue weighted by Crippen LogP contribution is 2.69. The van der Waals surface area contributed by atoms with Gasteiger partial charge in [0.15, 0.2) is 17.1 Å². The summed E-state index contributed by atoms with van der Waals surface area (Å²) in [6.07, 6.45) is 7.51. The summed E-state index contributed by atoms with van der Waals surface area (Å²) in [7, 11) is 2.21. The second-order valence-electron chi connectivity index (χ2n) is 8.37. The van der Waals surface area contributed by atoms with Crippen molar-refractivity contribution in [3.63, 3.8) is 0 Å². The lowest BCUT2D eigenvalue weighted by Crippen LogP contribution is -2.74. The SMILES string of the molecule is CC[C@@]12Oc3c(O)ccc4c3[C@@]13CCN(C)[C@H](C4)[C@@H]3C=C[C@@]2(O)CC. The molecule has 1 saturated heterocycles. The second-order valence-corrected chi connectivity index (χ2v) is 8.37. The van der Waals surface area contributed by atoms with Crippen molar-refractivity contribution in [2.24, 2.45) is 5.92 Å². The number of likely N-dealkylation sites (N-methyl/N-ethyl adjacent to an activating group) is 1. The van der Waals surface area contributed by atoms with Crippen LogP contribution in [0.25, 0.3) is 0 Å². The van der Waals surface area contributed by atoms with Crippen LogP contribution in [0.4, 0.5) is 0 Å². The maximum atomic E-state index is 11.7. The number of hydrogen-bond donors (Lipinski definition) is 2. The Morgan fingerprint density at radius 3 is 2.80 bits per heavy atom. The Hall–Kier alpha value is -1.52.